The molecule has 1 radical (unpaired) electrons. The van der Waals surface area contributed by atoms with Gasteiger partial charge in [0.2, 0.25) is 0 Å². The average molecular weight is 606 g/mol. The molecule has 4 nitrogen and oxygen atoms in total. The first kappa shape index (κ1) is 22.5. The topological polar surface area (TPSA) is 41.9 Å². The molecule has 33 heavy (non-hydrogen) atoms. The molecule has 3 aromatic heterocycles. The number of anilines is 2. The molecule has 0 fully saturated rings. The SMILES string of the molecule is CN(c1ccccn1)c1ccccn1.[Ir].[c-]1ccccc1-c1cc2c3c(cccc3n1)C=C2. The molecular weight excluding hydrogens is 585 g/mol. The van der Waals surface area contributed by atoms with Crippen LogP contribution in [0.2, 0.25) is 0 Å². The summed E-state index contributed by atoms with van der Waals surface area (Å²) in [6.45, 7) is 0. The van der Waals surface area contributed by atoms with Gasteiger partial charge < -0.3 is 4.90 Å². The van der Waals surface area contributed by atoms with Crippen molar-refractivity contribution in [2.45, 2.75) is 0 Å². The standard InChI is InChI=1S/C17H10N.C11H11N3.Ir/c1-2-5-12(6-3-1)16-11-14-10-9-13-7-4-8-15(18-16)17(13)14;1-14(10-6-2-4-8-12-10)11-7-3-5-9-13-11;/h1-5,7-11H;2-9H,1H3;/q-1;;. The third-order valence-corrected chi connectivity index (χ3v) is 5.31. The Kier molecular flexibility index (Phi) is 7.04. The molecule has 0 saturated heterocycles. The number of hydrogen-bond acceptors (Lipinski definition) is 4. The minimum Gasteiger partial charge on any atom is -0.314 e. The van der Waals surface area contributed by atoms with Crippen LogP contribution in [0, 0.1) is 6.07 Å². The minimum absolute atomic E-state index is 0. The third kappa shape index (κ3) is 4.90. The monoisotopic (exact) mass is 606 g/mol. The largest absolute Gasteiger partial charge is 0.314 e. The Hall–Kier alpha value is -3.66. The second-order valence-corrected chi connectivity index (χ2v) is 7.38. The second kappa shape index (κ2) is 10.3. The maximum Gasteiger partial charge on any atom is 0.133 e. The van der Waals surface area contributed by atoms with E-state index in [-0.39, 0.29) is 20.1 Å². The van der Waals surface area contributed by atoms with Crippen molar-refractivity contribution in [3.63, 3.8) is 0 Å². The van der Waals surface area contributed by atoms with E-state index in [2.05, 4.69) is 52.5 Å². The van der Waals surface area contributed by atoms with E-state index in [0.29, 0.717) is 0 Å². The summed E-state index contributed by atoms with van der Waals surface area (Å²) in [4.78, 5) is 15.2. The van der Waals surface area contributed by atoms with Crippen LogP contribution in [0.5, 0.6) is 0 Å². The first-order valence-corrected chi connectivity index (χ1v) is 10.4. The Bertz CT molecular complexity index is 1330. The van der Waals surface area contributed by atoms with Crippen LogP contribution in [-0.4, -0.2) is 22.0 Å². The van der Waals surface area contributed by atoms with Gasteiger partial charge in [-0.1, -0.05) is 42.5 Å². The number of aromatic nitrogens is 3. The van der Waals surface area contributed by atoms with Gasteiger partial charge in [-0.05, 0) is 47.2 Å². The van der Waals surface area contributed by atoms with Crippen molar-refractivity contribution < 1.29 is 20.1 Å². The summed E-state index contributed by atoms with van der Waals surface area (Å²) >= 11 is 0. The molecule has 1 aliphatic rings. The first-order valence-electron chi connectivity index (χ1n) is 10.4. The van der Waals surface area contributed by atoms with Crippen LogP contribution < -0.4 is 4.90 Å². The van der Waals surface area contributed by atoms with Gasteiger partial charge >= 0.3 is 0 Å². The summed E-state index contributed by atoms with van der Waals surface area (Å²) in [6.07, 6.45) is 7.85. The number of nitrogens with zero attached hydrogens (tertiary/aromatic N) is 4. The molecule has 2 aromatic carbocycles. The van der Waals surface area contributed by atoms with E-state index >= 15 is 0 Å². The van der Waals surface area contributed by atoms with Crippen molar-refractivity contribution >= 4 is 34.7 Å². The van der Waals surface area contributed by atoms with Crippen molar-refractivity contribution in [1.82, 2.24) is 15.0 Å². The second-order valence-electron chi connectivity index (χ2n) is 7.38. The van der Waals surface area contributed by atoms with Gasteiger partial charge in [-0.3, -0.25) is 4.98 Å². The fourth-order valence-corrected chi connectivity index (χ4v) is 3.71. The van der Waals surface area contributed by atoms with Gasteiger partial charge in [0.25, 0.3) is 0 Å². The molecule has 0 amide bonds. The third-order valence-electron chi connectivity index (χ3n) is 5.31. The van der Waals surface area contributed by atoms with Gasteiger partial charge in [0, 0.05) is 44.9 Å². The molecule has 0 spiro atoms. The Balaban J connectivity index is 0.000000158. The van der Waals surface area contributed by atoms with Gasteiger partial charge in [-0.15, -0.1) is 35.9 Å². The van der Waals surface area contributed by atoms with Crippen LogP contribution in [0.25, 0.3) is 34.3 Å². The smallest absolute Gasteiger partial charge is 0.133 e. The molecule has 3 heterocycles. The molecule has 0 saturated carbocycles. The van der Waals surface area contributed by atoms with E-state index in [9.17, 15) is 0 Å². The minimum atomic E-state index is 0. The maximum absolute atomic E-state index is 4.74. The summed E-state index contributed by atoms with van der Waals surface area (Å²) in [5, 5.41) is 1.26. The molecular formula is C28H21IrN4-. The molecule has 0 unspecified atom stereocenters. The molecule has 163 valence electrons. The van der Waals surface area contributed by atoms with E-state index in [1.54, 1.807) is 12.4 Å². The fraction of sp³-hybridized carbons (Fsp3) is 0.0357. The molecule has 0 bridgehead atoms. The first-order chi connectivity index (χ1) is 15.8. The molecule has 0 N–H and O–H groups in total. The molecule has 5 aromatic rings. The zero-order chi connectivity index (χ0) is 21.8. The fourth-order valence-electron chi connectivity index (χ4n) is 3.71. The predicted molar refractivity (Wildman–Crippen MR) is 131 cm³/mol. The van der Waals surface area contributed by atoms with Crippen molar-refractivity contribution in [2.75, 3.05) is 11.9 Å². The summed E-state index contributed by atoms with van der Waals surface area (Å²) < 4.78 is 0. The van der Waals surface area contributed by atoms with Gasteiger partial charge in [0.05, 0.1) is 5.52 Å². The number of hydrogen-bond donors (Lipinski definition) is 0. The van der Waals surface area contributed by atoms with Crippen LogP contribution in [0.15, 0.2) is 97.3 Å². The number of benzene rings is 2. The van der Waals surface area contributed by atoms with Crippen LogP contribution in [0.4, 0.5) is 11.6 Å². The van der Waals surface area contributed by atoms with E-state index in [0.717, 1.165) is 28.4 Å². The Morgan fingerprint density at radius 3 is 2.06 bits per heavy atom. The molecule has 0 atom stereocenters. The molecule has 5 heteroatoms. The van der Waals surface area contributed by atoms with Gasteiger partial charge in [0.1, 0.15) is 11.6 Å². The normalized spacial score (nSPS) is 10.8. The predicted octanol–water partition coefficient (Wildman–Crippen LogP) is 6.43. The summed E-state index contributed by atoms with van der Waals surface area (Å²) in [7, 11) is 1.95. The Morgan fingerprint density at radius 1 is 0.727 bits per heavy atom. The van der Waals surface area contributed by atoms with Crippen LogP contribution in [0.1, 0.15) is 11.1 Å². The van der Waals surface area contributed by atoms with Crippen molar-refractivity contribution in [3.8, 4) is 11.3 Å². The van der Waals surface area contributed by atoms with Gasteiger partial charge in [0.15, 0.2) is 0 Å². The number of rotatable bonds is 3. The van der Waals surface area contributed by atoms with Crippen LogP contribution in [-0.2, 0) is 20.1 Å². The van der Waals surface area contributed by atoms with Crippen LogP contribution >= 0.6 is 0 Å². The van der Waals surface area contributed by atoms with Gasteiger partial charge in [-0.25, -0.2) is 9.97 Å². The van der Waals surface area contributed by atoms with Crippen molar-refractivity contribution in [2.24, 2.45) is 0 Å². The van der Waals surface area contributed by atoms with Crippen LogP contribution in [0.3, 0.4) is 0 Å². The number of pyridine rings is 3. The van der Waals surface area contributed by atoms with E-state index < -0.39 is 0 Å². The van der Waals surface area contributed by atoms with Gasteiger partial charge in [-0.2, -0.15) is 0 Å². The van der Waals surface area contributed by atoms with E-state index in [4.69, 9.17) is 4.98 Å². The Labute approximate surface area is 207 Å². The zero-order valence-corrected chi connectivity index (χ0v) is 20.4. The Morgan fingerprint density at radius 2 is 1.42 bits per heavy atom. The summed E-state index contributed by atoms with van der Waals surface area (Å²) in [5.74, 6) is 1.79. The molecule has 6 rings (SSSR count). The average Bonchev–Trinajstić information content (AvgIpc) is 3.30. The maximum atomic E-state index is 4.74. The quantitative estimate of drug-likeness (QED) is 0.218. The van der Waals surface area contributed by atoms with Crippen molar-refractivity contribution in [1.29, 1.82) is 0 Å². The zero-order valence-electron chi connectivity index (χ0n) is 18.0. The summed E-state index contributed by atoms with van der Waals surface area (Å²) in [5.41, 5.74) is 5.60. The molecule has 0 aliphatic heterocycles. The van der Waals surface area contributed by atoms with Crippen molar-refractivity contribution in [3.05, 3.63) is 115 Å². The summed E-state index contributed by atoms with van der Waals surface area (Å²) in [6, 6.07) is 31.2. The molecule has 1 aliphatic carbocycles. The van der Waals surface area contributed by atoms with E-state index in [1.165, 1.54) is 16.5 Å². The van der Waals surface area contributed by atoms with E-state index in [1.807, 2.05) is 72.6 Å².